The van der Waals surface area contributed by atoms with Gasteiger partial charge in [-0.3, -0.25) is 4.21 Å². The molecule has 0 radical (unpaired) electrons. The molecule has 0 amide bonds. The molecule has 1 heterocycles. The minimum absolute atomic E-state index is 0.297. The van der Waals surface area contributed by atoms with Crippen LogP contribution in [-0.2, 0) is 10.8 Å². The fourth-order valence-corrected chi connectivity index (χ4v) is 6.06. The minimum Gasteiger partial charge on any atom is -0.313 e. The first kappa shape index (κ1) is 16.2. The lowest BCUT2D eigenvalue weighted by atomic mass is 9.83. The van der Waals surface area contributed by atoms with E-state index < -0.39 is 10.8 Å². The van der Waals surface area contributed by atoms with Gasteiger partial charge in [0.05, 0.1) is 20.3 Å². The van der Waals surface area contributed by atoms with E-state index in [0.29, 0.717) is 11.3 Å². The number of thiophene rings is 1. The maximum absolute atomic E-state index is 12.9. The van der Waals surface area contributed by atoms with Crippen molar-refractivity contribution in [3.63, 3.8) is 0 Å². The van der Waals surface area contributed by atoms with Gasteiger partial charge in [-0.1, -0.05) is 32.8 Å². The summed E-state index contributed by atoms with van der Waals surface area (Å²) in [6.45, 7) is 5.49. The highest BCUT2D eigenvalue weighted by atomic mass is 32.2. The summed E-state index contributed by atoms with van der Waals surface area (Å²) in [6.07, 6.45) is 7.29. The first-order valence-electron chi connectivity index (χ1n) is 7.93. The van der Waals surface area contributed by atoms with Crippen LogP contribution in [0.25, 0.3) is 0 Å². The number of nitrogens with one attached hydrogen (secondary N) is 1. The first-order chi connectivity index (χ1) is 9.76. The average molecular weight is 314 g/mol. The van der Waals surface area contributed by atoms with Crippen LogP contribution in [0, 0.1) is 5.92 Å². The third-order valence-corrected chi connectivity index (χ3v) is 7.27. The van der Waals surface area contributed by atoms with Crippen molar-refractivity contribution in [1.82, 2.24) is 5.32 Å². The molecule has 1 fully saturated rings. The molecule has 0 aromatic carbocycles. The second-order valence-electron chi connectivity index (χ2n) is 5.80. The summed E-state index contributed by atoms with van der Waals surface area (Å²) >= 11 is 1.64. The summed E-state index contributed by atoms with van der Waals surface area (Å²) in [4.78, 5) is 0. The van der Waals surface area contributed by atoms with Crippen LogP contribution in [0.3, 0.4) is 0 Å². The molecule has 4 atom stereocenters. The zero-order valence-corrected chi connectivity index (χ0v) is 14.3. The van der Waals surface area contributed by atoms with Crippen molar-refractivity contribution in [3.05, 3.63) is 17.5 Å². The lowest BCUT2D eigenvalue weighted by Gasteiger charge is -2.36. The third kappa shape index (κ3) is 4.15. The fourth-order valence-electron chi connectivity index (χ4n) is 3.21. The van der Waals surface area contributed by atoms with E-state index in [-0.39, 0.29) is 0 Å². The molecule has 20 heavy (non-hydrogen) atoms. The molecular formula is C16H27NOS2. The Bertz CT molecular complexity index is 405. The lowest BCUT2D eigenvalue weighted by Crippen LogP contribution is -2.46. The minimum atomic E-state index is -0.841. The highest BCUT2D eigenvalue weighted by Gasteiger charge is 2.34. The normalized spacial score (nSPS) is 28.4. The van der Waals surface area contributed by atoms with Crippen LogP contribution in [0.2, 0.25) is 0 Å². The topological polar surface area (TPSA) is 29.1 Å². The van der Waals surface area contributed by atoms with Crippen LogP contribution >= 0.6 is 11.3 Å². The van der Waals surface area contributed by atoms with Gasteiger partial charge < -0.3 is 5.32 Å². The Labute approximate surface area is 129 Å². The van der Waals surface area contributed by atoms with Crippen LogP contribution in [-0.4, -0.2) is 22.0 Å². The zero-order valence-electron chi connectivity index (χ0n) is 12.6. The van der Waals surface area contributed by atoms with Crippen molar-refractivity contribution in [1.29, 1.82) is 0 Å². The van der Waals surface area contributed by atoms with Gasteiger partial charge >= 0.3 is 0 Å². The highest BCUT2D eigenvalue weighted by molar-refractivity contribution is 7.88. The van der Waals surface area contributed by atoms with Gasteiger partial charge in [0.2, 0.25) is 0 Å². The predicted molar refractivity (Wildman–Crippen MR) is 88.8 cm³/mol. The second kappa shape index (κ2) is 8.30. The maximum atomic E-state index is 12.9. The fraction of sp³-hybridized carbons (Fsp3) is 0.750. The van der Waals surface area contributed by atoms with Crippen LogP contribution in [0.15, 0.2) is 21.7 Å². The second-order valence-corrected chi connectivity index (χ2v) is 8.64. The van der Waals surface area contributed by atoms with E-state index in [1.165, 1.54) is 25.7 Å². The van der Waals surface area contributed by atoms with Gasteiger partial charge in [-0.2, -0.15) is 0 Å². The van der Waals surface area contributed by atoms with E-state index in [9.17, 15) is 4.21 Å². The summed E-state index contributed by atoms with van der Waals surface area (Å²) < 4.78 is 13.9. The number of hydrogen-bond donors (Lipinski definition) is 1. The SMILES string of the molecule is CCCNC1CCC(CCC)CC1S(=O)c1cccs1. The summed E-state index contributed by atoms with van der Waals surface area (Å²) in [6, 6.07) is 4.48. The Kier molecular flexibility index (Phi) is 6.72. The van der Waals surface area contributed by atoms with Gasteiger partial charge in [0.1, 0.15) is 0 Å². The Hall–Kier alpha value is -0.190. The molecule has 2 rings (SSSR count). The zero-order chi connectivity index (χ0) is 14.4. The smallest absolute Gasteiger partial charge is 0.0914 e. The Balaban J connectivity index is 2.06. The van der Waals surface area contributed by atoms with Gasteiger partial charge in [0, 0.05) is 6.04 Å². The van der Waals surface area contributed by atoms with Crippen molar-refractivity contribution < 1.29 is 4.21 Å². The highest BCUT2D eigenvalue weighted by Crippen LogP contribution is 2.33. The molecule has 2 nitrogen and oxygen atoms in total. The Morgan fingerprint density at radius 2 is 2.20 bits per heavy atom. The van der Waals surface area contributed by atoms with Gasteiger partial charge in [0.15, 0.2) is 0 Å². The summed E-state index contributed by atoms with van der Waals surface area (Å²) in [5, 5.41) is 5.97. The van der Waals surface area contributed by atoms with Crippen molar-refractivity contribution in [2.45, 2.75) is 67.9 Å². The Morgan fingerprint density at radius 1 is 1.35 bits per heavy atom. The molecule has 114 valence electrons. The molecule has 0 saturated heterocycles. The van der Waals surface area contributed by atoms with Crippen LogP contribution in [0.4, 0.5) is 0 Å². The van der Waals surface area contributed by atoms with Crippen LogP contribution < -0.4 is 5.32 Å². The van der Waals surface area contributed by atoms with E-state index in [4.69, 9.17) is 0 Å². The standard InChI is InChI=1S/C16H27NOS2/c1-3-6-13-8-9-14(17-10-4-2)15(12-13)20(18)16-7-5-11-19-16/h5,7,11,13-15,17H,3-4,6,8-10,12H2,1-2H3. The molecule has 1 aromatic heterocycles. The summed E-state index contributed by atoms with van der Waals surface area (Å²) in [7, 11) is -0.841. The van der Waals surface area contributed by atoms with Gasteiger partial charge in [-0.05, 0) is 49.6 Å². The van der Waals surface area contributed by atoms with Crippen molar-refractivity contribution in [3.8, 4) is 0 Å². The number of hydrogen-bond acceptors (Lipinski definition) is 3. The molecule has 4 heteroatoms. The quantitative estimate of drug-likeness (QED) is 0.817. The molecule has 0 spiro atoms. The number of rotatable bonds is 7. The predicted octanol–water partition coefficient (Wildman–Crippen LogP) is 4.19. The van der Waals surface area contributed by atoms with Crippen molar-refractivity contribution >= 4 is 22.1 Å². The summed E-state index contributed by atoms with van der Waals surface area (Å²) in [5.41, 5.74) is 0. The molecule has 1 aliphatic rings. The molecule has 0 aliphatic heterocycles. The molecule has 1 N–H and O–H groups in total. The van der Waals surface area contributed by atoms with E-state index >= 15 is 0 Å². The van der Waals surface area contributed by atoms with Gasteiger partial charge in [0.25, 0.3) is 0 Å². The van der Waals surface area contributed by atoms with E-state index in [0.717, 1.165) is 29.5 Å². The van der Waals surface area contributed by atoms with Crippen LogP contribution in [0.1, 0.15) is 52.4 Å². The van der Waals surface area contributed by atoms with Crippen molar-refractivity contribution in [2.24, 2.45) is 5.92 Å². The molecule has 0 bridgehead atoms. The van der Waals surface area contributed by atoms with Gasteiger partial charge in [-0.25, -0.2) is 0 Å². The van der Waals surface area contributed by atoms with Crippen LogP contribution in [0.5, 0.6) is 0 Å². The molecular weight excluding hydrogens is 286 g/mol. The van der Waals surface area contributed by atoms with E-state index in [2.05, 4.69) is 19.2 Å². The van der Waals surface area contributed by atoms with Crippen molar-refractivity contribution in [2.75, 3.05) is 6.54 Å². The summed E-state index contributed by atoms with van der Waals surface area (Å²) in [5.74, 6) is 0.772. The molecule has 1 aliphatic carbocycles. The molecule has 1 aromatic rings. The first-order valence-corrected chi connectivity index (χ1v) is 10.0. The average Bonchev–Trinajstić information content (AvgIpc) is 2.99. The monoisotopic (exact) mass is 313 g/mol. The largest absolute Gasteiger partial charge is 0.313 e. The van der Waals surface area contributed by atoms with Gasteiger partial charge in [-0.15, -0.1) is 11.3 Å². The third-order valence-electron chi connectivity index (χ3n) is 4.22. The molecule has 4 unspecified atom stereocenters. The maximum Gasteiger partial charge on any atom is 0.0914 e. The lowest BCUT2D eigenvalue weighted by molar-refractivity contribution is 0.284. The van der Waals surface area contributed by atoms with E-state index in [1.54, 1.807) is 11.3 Å². The molecule has 1 saturated carbocycles. The van der Waals surface area contributed by atoms with E-state index in [1.807, 2.05) is 17.5 Å². The Morgan fingerprint density at radius 3 is 2.85 bits per heavy atom.